The summed E-state index contributed by atoms with van der Waals surface area (Å²) in [4.78, 5) is 22.0. The molecule has 1 fully saturated rings. The fraction of sp³-hybridized carbons (Fsp3) is 0.529. The van der Waals surface area contributed by atoms with Crippen molar-refractivity contribution < 1.29 is 14.3 Å². The average molecular weight is 649 g/mol. The highest BCUT2D eigenvalue weighted by molar-refractivity contribution is 7.07. The highest BCUT2D eigenvalue weighted by Gasteiger charge is 2.26. The Hall–Kier alpha value is -3.28. The van der Waals surface area contributed by atoms with Gasteiger partial charge in [0, 0.05) is 51.1 Å². The Kier molecular flexibility index (Phi) is 10.6. The molecule has 0 radical (unpaired) electrons. The minimum Gasteiger partial charge on any atom is -0.460 e. The fourth-order valence-corrected chi connectivity index (χ4v) is 6.97. The van der Waals surface area contributed by atoms with Crippen LogP contribution in [-0.2, 0) is 27.5 Å². The highest BCUT2D eigenvalue weighted by atomic mass is 32.1. The second-order valence-corrected chi connectivity index (χ2v) is 20.7. The smallest absolute Gasteiger partial charge is 0.306 e. The largest absolute Gasteiger partial charge is 0.460 e. The molecule has 9 nitrogen and oxygen atoms in total. The molecule has 0 spiro atoms. The number of rotatable bonds is 13. The molecule has 5 rings (SSSR count). The van der Waals surface area contributed by atoms with Crippen molar-refractivity contribution in [2.24, 2.45) is 5.92 Å². The van der Waals surface area contributed by atoms with Gasteiger partial charge in [0.1, 0.15) is 18.0 Å². The molecular formula is C34H48N6O3SSi. The van der Waals surface area contributed by atoms with Gasteiger partial charge in [-0.1, -0.05) is 31.8 Å². The first-order valence-corrected chi connectivity index (χ1v) is 20.7. The van der Waals surface area contributed by atoms with Gasteiger partial charge >= 0.3 is 5.97 Å². The normalized spacial score (nSPS) is 17.4. The number of nitrogens with zero attached hydrogens (tertiary/aromatic N) is 4. The maximum atomic E-state index is 12.3. The molecule has 0 unspecified atom stereocenters. The molecule has 11 heteroatoms. The third-order valence-corrected chi connectivity index (χ3v) is 10.4. The van der Waals surface area contributed by atoms with Crippen LogP contribution in [0.5, 0.6) is 0 Å². The quantitative estimate of drug-likeness (QED) is 0.0850. The monoisotopic (exact) mass is 648 g/mol. The van der Waals surface area contributed by atoms with E-state index >= 15 is 0 Å². The lowest BCUT2D eigenvalue weighted by Crippen LogP contribution is -2.30. The summed E-state index contributed by atoms with van der Waals surface area (Å²) in [5.74, 6) is 0.848. The highest BCUT2D eigenvalue weighted by Crippen LogP contribution is 2.32. The third kappa shape index (κ3) is 9.85. The molecule has 3 aromatic heterocycles. The van der Waals surface area contributed by atoms with Gasteiger partial charge in [0.2, 0.25) is 5.95 Å². The Bertz CT molecular complexity index is 1550. The van der Waals surface area contributed by atoms with Gasteiger partial charge < -0.3 is 20.1 Å². The number of ether oxygens (including phenoxy) is 2. The van der Waals surface area contributed by atoms with Crippen LogP contribution in [0.2, 0.25) is 25.7 Å². The zero-order valence-corrected chi connectivity index (χ0v) is 29.4. The minimum absolute atomic E-state index is 0.104. The van der Waals surface area contributed by atoms with Crippen molar-refractivity contribution in [2.75, 3.05) is 17.2 Å². The predicted molar refractivity (Wildman–Crippen MR) is 186 cm³/mol. The topological polar surface area (TPSA) is 103 Å². The van der Waals surface area contributed by atoms with Gasteiger partial charge in [0.15, 0.2) is 5.65 Å². The van der Waals surface area contributed by atoms with E-state index in [0.717, 1.165) is 66.3 Å². The minimum atomic E-state index is -1.21. The van der Waals surface area contributed by atoms with Crippen molar-refractivity contribution in [3.05, 3.63) is 52.9 Å². The molecule has 45 heavy (non-hydrogen) atoms. The number of carbonyl (C=O) groups is 1. The molecule has 4 aromatic rings. The lowest BCUT2D eigenvalue weighted by molar-refractivity contribution is -0.156. The summed E-state index contributed by atoms with van der Waals surface area (Å²) in [5.41, 5.74) is 4.46. The average Bonchev–Trinajstić information content (AvgIpc) is 3.62. The zero-order chi connectivity index (χ0) is 32.0. The van der Waals surface area contributed by atoms with E-state index in [0.29, 0.717) is 31.6 Å². The van der Waals surface area contributed by atoms with Gasteiger partial charge in [-0.15, -0.1) is 0 Å². The molecule has 242 valence electrons. The number of fused-ring (bicyclic) bond motifs is 1. The Morgan fingerprint density at radius 3 is 2.64 bits per heavy atom. The molecular weight excluding hydrogens is 601 g/mol. The molecule has 0 saturated heterocycles. The Balaban J connectivity index is 1.30. The molecule has 0 bridgehead atoms. The van der Waals surface area contributed by atoms with Crippen LogP contribution in [0.3, 0.4) is 0 Å². The van der Waals surface area contributed by atoms with Crippen molar-refractivity contribution >= 4 is 48.0 Å². The summed E-state index contributed by atoms with van der Waals surface area (Å²) < 4.78 is 13.5. The number of aromatic nitrogens is 4. The first-order chi connectivity index (χ1) is 21.4. The molecule has 1 aliphatic carbocycles. The second-order valence-electron chi connectivity index (χ2n) is 14.3. The lowest BCUT2D eigenvalue weighted by atomic mass is 9.84. The molecule has 1 aliphatic rings. The van der Waals surface area contributed by atoms with Gasteiger partial charge in [-0.25, -0.2) is 9.67 Å². The third-order valence-electron chi connectivity index (χ3n) is 7.97. The zero-order valence-electron chi connectivity index (χ0n) is 27.6. The van der Waals surface area contributed by atoms with Gasteiger partial charge in [0.25, 0.3) is 0 Å². The van der Waals surface area contributed by atoms with E-state index in [1.165, 1.54) is 5.56 Å². The van der Waals surface area contributed by atoms with Crippen LogP contribution in [0.15, 0.2) is 47.3 Å². The van der Waals surface area contributed by atoms with Gasteiger partial charge in [-0.3, -0.25) is 4.79 Å². The maximum absolute atomic E-state index is 12.3. The van der Waals surface area contributed by atoms with Crippen molar-refractivity contribution in [3.63, 3.8) is 0 Å². The number of carbonyl (C=O) groups excluding carboxylic acids is 1. The first-order valence-electron chi connectivity index (χ1n) is 16.1. The van der Waals surface area contributed by atoms with E-state index in [2.05, 4.69) is 71.4 Å². The van der Waals surface area contributed by atoms with Gasteiger partial charge in [0.05, 0.1) is 5.39 Å². The van der Waals surface area contributed by atoms with Crippen molar-refractivity contribution in [2.45, 2.75) is 103 Å². The number of thiophene rings is 1. The van der Waals surface area contributed by atoms with Crippen LogP contribution in [0, 0.1) is 5.92 Å². The summed E-state index contributed by atoms with van der Waals surface area (Å²) in [6.45, 7) is 14.6. The SMILES string of the molecule is CC(C)(C)OC(=O)CC1CCC(Nc2ncc3c(-c4cccc(NCc5ccsc5)c4)nn(COCC[Si](C)(C)C)c3n2)CC1. The van der Waals surface area contributed by atoms with Crippen molar-refractivity contribution in [3.8, 4) is 11.3 Å². The van der Waals surface area contributed by atoms with Crippen molar-refractivity contribution in [1.82, 2.24) is 19.7 Å². The number of hydrogen-bond acceptors (Lipinski definition) is 9. The molecule has 2 N–H and O–H groups in total. The van der Waals surface area contributed by atoms with E-state index in [9.17, 15) is 4.79 Å². The molecule has 0 amide bonds. The standard InChI is InChI=1S/C34H48N6O3SSi/c1-34(2,3)43-30(41)18-24-10-12-27(13-11-24)37-33-36-21-29-31(39-40(32(29)38-33)23-42-15-17-45(4,5)6)26-8-7-9-28(19-26)35-20-25-14-16-44-22-25/h7-9,14,16,19,21-22,24,27,35H,10-13,15,17-18,20,23H2,1-6H3,(H,36,37,38). The van der Waals surface area contributed by atoms with E-state index < -0.39 is 13.7 Å². The summed E-state index contributed by atoms with van der Waals surface area (Å²) in [6, 6.07) is 11.8. The number of nitrogens with one attached hydrogen (secondary N) is 2. The Morgan fingerprint density at radius 1 is 1.13 bits per heavy atom. The molecule has 1 saturated carbocycles. The van der Waals surface area contributed by atoms with Gasteiger partial charge in [-0.05, 0) is 92.9 Å². The first kappa shape index (κ1) is 33.1. The maximum Gasteiger partial charge on any atom is 0.306 e. The number of anilines is 2. The van der Waals surface area contributed by atoms with Crippen LogP contribution >= 0.6 is 11.3 Å². The summed E-state index contributed by atoms with van der Waals surface area (Å²) in [5, 5.41) is 17.2. The fourth-order valence-electron chi connectivity index (χ4n) is 5.55. The van der Waals surface area contributed by atoms with E-state index in [1.54, 1.807) is 11.3 Å². The molecule has 0 atom stereocenters. The Morgan fingerprint density at radius 2 is 1.93 bits per heavy atom. The summed E-state index contributed by atoms with van der Waals surface area (Å²) in [6.07, 6.45) is 6.24. The van der Waals surface area contributed by atoms with Crippen LogP contribution < -0.4 is 10.6 Å². The van der Waals surface area contributed by atoms with Crippen LogP contribution in [0.25, 0.3) is 22.3 Å². The van der Waals surface area contributed by atoms with E-state index in [-0.39, 0.29) is 12.0 Å². The number of hydrogen-bond donors (Lipinski definition) is 2. The Labute approximate surface area is 272 Å². The number of esters is 1. The predicted octanol–water partition coefficient (Wildman–Crippen LogP) is 8.18. The second kappa shape index (κ2) is 14.4. The van der Waals surface area contributed by atoms with Crippen molar-refractivity contribution in [1.29, 1.82) is 0 Å². The summed E-state index contributed by atoms with van der Waals surface area (Å²) >= 11 is 1.71. The van der Waals surface area contributed by atoms with E-state index in [4.69, 9.17) is 24.5 Å². The number of benzene rings is 1. The van der Waals surface area contributed by atoms with E-state index in [1.807, 2.05) is 31.6 Å². The molecule has 3 heterocycles. The van der Waals surface area contributed by atoms with Crippen LogP contribution in [-0.4, -0.2) is 52.0 Å². The molecule has 0 aliphatic heterocycles. The van der Waals surface area contributed by atoms with Crippen LogP contribution in [0.4, 0.5) is 11.6 Å². The van der Waals surface area contributed by atoms with Crippen LogP contribution in [0.1, 0.15) is 58.4 Å². The summed E-state index contributed by atoms with van der Waals surface area (Å²) in [7, 11) is -1.21. The lowest BCUT2D eigenvalue weighted by Gasteiger charge is -2.29. The molecule has 1 aromatic carbocycles. The van der Waals surface area contributed by atoms with Gasteiger partial charge in [-0.2, -0.15) is 21.4 Å².